The molecule has 0 radical (unpaired) electrons. The SMILES string of the molecule is C=CC(=O)N1CCN(c2nc(OCc3cccc(C)n3)nc3c(F)c(-c4c(O)cccc4F)c(Cl)cc23)CC1. The number of piperazine rings is 1. The monoisotopic (exact) mass is 551 g/mol. The Bertz CT molecular complexity index is 1570. The number of rotatable bonds is 6. The molecule has 1 aliphatic heterocycles. The third-order valence-electron chi connectivity index (χ3n) is 6.44. The molecule has 2 aromatic heterocycles. The number of carbonyl (C=O) groups excluding carboxylic acids is 1. The van der Waals surface area contributed by atoms with Gasteiger partial charge in [-0.3, -0.25) is 9.78 Å². The zero-order valence-electron chi connectivity index (χ0n) is 21.0. The number of hydrogen-bond acceptors (Lipinski definition) is 7. The normalized spacial score (nSPS) is 13.5. The van der Waals surface area contributed by atoms with Gasteiger partial charge in [0.2, 0.25) is 5.91 Å². The Hall–Kier alpha value is -4.31. The zero-order chi connectivity index (χ0) is 27.7. The second kappa shape index (κ2) is 10.8. The van der Waals surface area contributed by atoms with E-state index >= 15 is 4.39 Å². The van der Waals surface area contributed by atoms with Gasteiger partial charge in [-0.05, 0) is 43.3 Å². The number of fused-ring (bicyclic) bond motifs is 1. The van der Waals surface area contributed by atoms with E-state index in [0.29, 0.717) is 37.7 Å². The fourth-order valence-electron chi connectivity index (χ4n) is 4.54. The van der Waals surface area contributed by atoms with Crippen LogP contribution in [0.5, 0.6) is 11.8 Å². The summed E-state index contributed by atoms with van der Waals surface area (Å²) in [5.74, 6) is -2.06. The van der Waals surface area contributed by atoms with Gasteiger partial charge in [-0.1, -0.05) is 30.3 Å². The number of anilines is 1. The highest BCUT2D eigenvalue weighted by atomic mass is 35.5. The van der Waals surface area contributed by atoms with Crippen molar-refractivity contribution in [2.75, 3.05) is 31.1 Å². The molecule has 1 aliphatic rings. The van der Waals surface area contributed by atoms with E-state index < -0.39 is 17.4 Å². The summed E-state index contributed by atoms with van der Waals surface area (Å²) < 4.78 is 36.7. The number of aromatic hydroxyl groups is 1. The molecule has 0 spiro atoms. The molecule has 1 fully saturated rings. The molecule has 3 heterocycles. The predicted octanol–water partition coefficient (Wildman–Crippen LogP) is 5.05. The average Bonchev–Trinajstić information content (AvgIpc) is 2.93. The molecule has 200 valence electrons. The average molecular weight is 552 g/mol. The molecule has 0 atom stereocenters. The predicted molar refractivity (Wildman–Crippen MR) is 144 cm³/mol. The Morgan fingerprint density at radius 3 is 2.54 bits per heavy atom. The number of halogens is 3. The molecule has 1 N–H and O–H groups in total. The van der Waals surface area contributed by atoms with Crippen molar-refractivity contribution in [1.82, 2.24) is 19.9 Å². The molecule has 2 aromatic carbocycles. The Kier molecular flexibility index (Phi) is 7.30. The van der Waals surface area contributed by atoms with Gasteiger partial charge in [0.15, 0.2) is 5.82 Å². The molecule has 0 bridgehead atoms. The van der Waals surface area contributed by atoms with Crippen LogP contribution in [0.3, 0.4) is 0 Å². The van der Waals surface area contributed by atoms with Gasteiger partial charge in [-0.2, -0.15) is 9.97 Å². The van der Waals surface area contributed by atoms with Crippen molar-refractivity contribution in [3.05, 3.63) is 83.2 Å². The van der Waals surface area contributed by atoms with Crippen LogP contribution in [-0.2, 0) is 11.4 Å². The third-order valence-corrected chi connectivity index (χ3v) is 6.74. The Balaban J connectivity index is 1.62. The number of phenols is 1. The van der Waals surface area contributed by atoms with E-state index in [9.17, 15) is 14.3 Å². The van der Waals surface area contributed by atoms with Crippen LogP contribution in [-0.4, -0.2) is 57.0 Å². The van der Waals surface area contributed by atoms with E-state index in [0.717, 1.165) is 11.8 Å². The number of carbonyl (C=O) groups is 1. The number of ether oxygens (including phenoxy) is 1. The number of hydrogen-bond donors (Lipinski definition) is 1. The molecule has 5 rings (SSSR count). The topological polar surface area (TPSA) is 91.7 Å². The Morgan fingerprint density at radius 2 is 1.85 bits per heavy atom. The minimum absolute atomic E-state index is 0.0322. The Morgan fingerprint density at radius 1 is 1.10 bits per heavy atom. The van der Waals surface area contributed by atoms with Gasteiger partial charge in [0, 0.05) is 42.8 Å². The number of aromatic nitrogens is 3. The van der Waals surface area contributed by atoms with Crippen LogP contribution in [0.4, 0.5) is 14.6 Å². The van der Waals surface area contributed by atoms with Crippen molar-refractivity contribution >= 4 is 34.2 Å². The molecule has 4 aromatic rings. The number of pyridine rings is 1. The number of aryl methyl sites for hydroxylation is 1. The first-order valence-electron chi connectivity index (χ1n) is 12.2. The molecule has 1 saturated heterocycles. The highest BCUT2D eigenvalue weighted by Crippen LogP contribution is 2.42. The molecule has 0 unspecified atom stereocenters. The maximum absolute atomic E-state index is 16.1. The van der Waals surface area contributed by atoms with Crippen LogP contribution >= 0.6 is 11.6 Å². The molecule has 8 nitrogen and oxygen atoms in total. The molecule has 0 aliphatic carbocycles. The van der Waals surface area contributed by atoms with E-state index in [1.54, 1.807) is 11.0 Å². The third kappa shape index (κ3) is 5.20. The minimum Gasteiger partial charge on any atom is -0.507 e. The summed E-state index contributed by atoms with van der Waals surface area (Å²) in [4.78, 5) is 28.9. The van der Waals surface area contributed by atoms with Gasteiger partial charge in [-0.15, -0.1) is 0 Å². The van der Waals surface area contributed by atoms with Crippen LogP contribution < -0.4 is 9.64 Å². The first-order valence-corrected chi connectivity index (χ1v) is 12.5. The lowest BCUT2D eigenvalue weighted by molar-refractivity contribution is -0.126. The maximum Gasteiger partial charge on any atom is 0.319 e. The van der Waals surface area contributed by atoms with Gasteiger partial charge < -0.3 is 19.6 Å². The van der Waals surface area contributed by atoms with E-state index in [4.69, 9.17) is 16.3 Å². The molecular formula is C28H24ClF2N5O3. The number of benzene rings is 2. The molecular weight excluding hydrogens is 528 g/mol. The standard InChI is InChI=1S/C28H24ClF2N5O3/c1-3-22(38)35-10-12-36(13-11-35)27-18-14-19(29)23(24-20(30)8-5-9-21(24)37)25(31)26(18)33-28(34-27)39-15-17-7-4-6-16(2)32-17/h3-9,14,37H,1,10-13,15H2,2H3. The highest BCUT2D eigenvalue weighted by Gasteiger charge is 2.27. The maximum atomic E-state index is 16.1. The first-order chi connectivity index (χ1) is 18.8. The largest absolute Gasteiger partial charge is 0.507 e. The van der Waals surface area contributed by atoms with Crippen LogP contribution in [0.2, 0.25) is 5.02 Å². The zero-order valence-corrected chi connectivity index (χ0v) is 21.8. The first kappa shape index (κ1) is 26.3. The Labute approximate surface area is 228 Å². The van der Waals surface area contributed by atoms with Crippen LogP contribution in [0, 0.1) is 18.6 Å². The molecule has 1 amide bonds. The van der Waals surface area contributed by atoms with Gasteiger partial charge in [0.25, 0.3) is 0 Å². The molecule has 39 heavy (non-hydrogen) atoms. The number of nitrogens with zero attached hydrogens (tertiary/aromatic N) is 5. The quantitative estimate of drug-likeness (QED) is 0.335. The van der Waals surface area contributed by atoms with Crippen LogP contribution in [0.15, 0.2) is 55.1 Å². The number of phenolic OH excluding ortho intramolecular Hbond substituents is 1. The summed E-state index contributed by atoms with van der Waals surface area (Å²) in [6, 6.07) is 10.5. The lowest BCUT2D eigenvalue weighted by Gasteiger charge is -2.35. The van der Waals surface area contributed by atoms with Gasteiger partial charge in [-0.25, -0.2) is 8.78 Å². The van der Waals surface area contributed by atoms with Gasteiger partial charge in [0.05, 0.1) is 16.3 Å². The van der Waals surface area contributed by atoms with Crippen molar-refractivity contribution in [3.63, 3.8) is 0 Å². The summed E-state index contributed by atoms with van der Waals surface area (Å²) in [5, 5.41) is 10.5. The van der Waals surface area contributed by atoms with E-state index in [-0.39, 0.29) is 45.6 Å². The fourth-order valence-corrected chi connectivity index (χ4v) is 4.83. The van der Waals surface area contributed by atoms with E-state index in [1.807, 2.05) is 24.0 Å². The summed E-state index contributed by atoms with van der Waals surface area (Å²) in [7, 11) is 0. The van der Waals surface area contributed by atoms with Gasteiger partial charge in [0.1, 0.15) is 29.5 Å². The lowest BCUT2D eigenvalue weighted by atomic mass is 10.0. The molecule has 11 heteroatoms. The van der Waals surface area contributed by atoms with Crippen LogP contribution in [0.1, 0.15) is 11.4 Å². The van der Waals surface area contributed by atoms with Crippen LogP contribution in [0.25, 0.3) is 22.0 Å². The van der Waals surface area contributed by atoms with Crippen molar-refractivity contribution in [2.45, 2.75) is 13.5 Å². The summed E-state index contributed by atoms with van der Waals surface area (Å²) in [6.45, 7) is 7.02. The minimum atomic E-state index is -0.930. The summed E-state index contributed by atoms with van der Waals surface area (Å²) in [6.07, 6.45) is 1.26. The highest BCUT2D eigenvalue weighted by molar-refractivity contribution is 6.34. The smallest absolute Gasteiger partial charge is 0.319 e. The van der Waals surface area contributed by atoms with Crippen molar-refractivity contribution < 1.29 is 23.4 Å². The van der Waals surface area contributed by atoms with Crippen molar-refractivity contribution in [1.29, 1.82) is 0 Å². The van der Waals surface area contributed by atoms with Crippen molar-refractivity contribution in [3.8, 4) is 22.9 Å². The summed E-state index contributed by atoms with van der Waals surface area (Å²) >= 11 is 6.48. The van der Waals surface area contributed by atoms with E-state index in [2.05, 4.69) is 21.5 Å². The number of amides is 1. The fraction of sp³-hybridized carbons (Fsp3) is 0.214. The van der Waals surface area contributed by atoms with Gasteiger partial charge >= 0.3 is 6.01 Å². The second-order valence-electron chi connectivity index (χ2n) is 8.98. The van der Waals surface area contributed by atoms with E-state index in [1.165, 1.54) is 24.3 Å². The molecule has 0 saturated carbocycles. The lowest BCUT2D eigenvalue weighted by Crippen LogP contribution is -2.48. The summed E-state index contributed by atoms with van der Waals surface area (Å²) in [5.41, 5.74) is 0.588. The second-order valence-corrected chi connectivity index (χ2v) is 9.39. The van der Waals surface area contributed by atoms with Crippen molar-refractivity contribution in [2.24, 2.45) is 0 Å².